The zero-order valence-electron chi connectivity index (χ0n) is 14.1. The predicted molar refractivity (Wildman–Crippen MR) is 92.8 cm³/mol. The first kappa shape index (κ1) is 18.9. The van der Waals surface area contributed by atoms with E-state index in [0.717, 1.165) is 19.3 Å². The van der Waals surface area contributed by atoms with E-state index >= 15 is 0 Å². The molecule has 1 heterocycles. The molecule has 1 unspecified atom stereocenters. The zero-order chi connectivity index (χ0) is 18.2. The molecule has 0 spiro atoms. The second kappa shape index (κ2) is 9.12. The maximum absolute atomic E-state index is 12.7. The van der Waals surface area contributed by atoms with Gasteiger partial charge in [-0.15, -0.1) is 0 Å². The molecule has 1 aliphatic heterocycles. The minimum Gasteiger partial charge on any atom is -0.354 e. The van der Waals surface area contributed by atoms with Crippen LogP contribution in [-0.2, 0) is 16.0 Å². The lowest BCUT2D eigenvalue weighted by Gasteiger charge is -2.36. The van der Waals surface area contributed by atoms with Crippen LogP contribution in [0.2, 0.25) is 0 Å². The molecule has 8 nitrogen and oxygen atoms in total. The number of para-hydroxylation sites is 1. The van der Waals surface area contributed by atoms with E-state index in [1.54, 1.807) is 23.1 Å². The van der Waals surface area contributed by atoms with Crippen LogP contribution in [0.1, 0.15) is 31.2 Å². The Bertz CT molecular complexity index is 635. The fourth-order valence-corrected chi connectivity index (χ4v) is 3.10. The maximum atomic E-state index is 12.7. The van der Waals surface area contributed by atoms with Crippen LogP contribution in [0.4, 0.5) is 5.69 Å². The largest absolute Gasteiger partial charge is 0.354 e. The topological polar surface area (TPSA) is 119 Å². The minimum absolute atomic E-state index is 0.00952. The highest BCUT2D eigenvalue weighted by Crippen LogP contribution is 2.22. The third-order valence-electron chi connectivity index (χ3n) is 4.38. The number of rotatable bonds is 7. The number of likely N-dealkylation sites (tertiary alicyclic amines) is 1. The van der Waals surface area contributed by atoms with Crippen LogP contribution in [0.5, 0.6) is 0 Å². The molecule has 0 aromatic heterocycles. The van der Waals surface area contributed by atoms with Crippen LogP contribution in [0.25, 0.3) is 0 Å². The standard InChI is InChI=1S/C17H24N4O4/c18-9-8-16(22)19-12-14-6-3-4-10-20(14)17(23)11-13-5-1-2-7-15(13)21(24)25/h1-2,5,7,14H,3-4,6,8-12,18H2,(H,19,22). The number of benzene rings is 1. The Kier molecular flexibility index (Phi) is 6.88. The summed E-state index contributed by atoms with van der Waals surface area (Å²) >= 11 is 0. The summed E-state index contributed by atoms with van der Waals surface area (Å²) in [6.45, 7) is 1.29. The van der Waals surface area contributed by atoms with Gasteiger partial charge in [-0.1, -0.05) is 18.2 Å². The van der Waals surface area contributed by atoms with E-state index in [-0.39, 0.29) is 42.9 Å². The number of nitro benzene ring substituents is 1. The number of carbonyl (C=O) groups is 2. The maximum Gasteiger partial charge on any atom is 0.273 e. The molecule has 1 aromatic carbocycles. The molecule has 0 saturated carbocycles. The third-order valence-corrected chi connectivity index (χ3v) is 4.38. The molecule has 1 fully saturated rings. The number of nitrogens with one attached hydrogen (secondary N) is 1. The molecule has 8 heteroatoms. The Balaban J connectivity index is 2.03. The van der Waals surface area contributed by atoms with Crippen molar-refractivity contribution in [1.82, 2.24) is 10.2 Å². The van der Waals surface area contributed by atoms with E-state index in [1.165, 1.54) is 6.07 Å². The molecule has 2 rings (SSSR count). The van der Waals surface area contributed by atoms with Crippen LogP contribution < -0.4 is 11.1 Å². The summed E-state index contributed by atoms with van der Waals surface area (Å²) in [6, 6.07) is 6.21. The van der Waals surface area contributed by atoms with Gasteiger partial charge in [0.25, 0.3) is 5.69 Å². The minimum atomic E-state index is -0.469. The lowest BCUT2D eigenvalue weighted by atomic mass is 10.00. The van der Waals surface area contributed by atoms with Crippen molar-refractivity contribution >= 4 is 17.5 Å². The smallest absolute Gasteiger partial charge is 0.273 e. The Morgan fingerprint density at radius 1 is 1.32 bits per heavy atom. The van der Waals surface area contributed by atoms with Gasteiger partial charge in [-0.25, -0.2) is 0 Å². The van der Waals surface area contributed by atoms with Crippen LogP contribution in [0, 0.1) is 10.1 Å². The van der Waals surface area contributed by atoms with E-state index in [0.29, 0.717) is 18.7 Å². The van der Waals surface area contributed by atoms with Gasteiger partial charge in [0, 0.05) is 43.7 Å². The van der Waals surface area contributed by atoms with Crippen molar-refractivity contribution in [3.8, 4) is 0 Å². The van der Waals surface area contributed by atoms with Gasteiger partial charge in [0.05, 0.1) is 11.3 Å². The number of nitro groups is 1. The second-order valence-corrected chi connectivity index (χ2v) is 6.14. The van der Waals surface area contributed by atoms with E-state index in [4.69, 9.17) is 5.73 Å². The third kappa shape index (κ3) is 5.25. The molecule has 25 heavy (non-hydrogen) atoms. The summed E-state index contributed by atoms with van der Waals surface area (Å²) in [5, 5.41) is 13.9. The number of nitrogens with zero attached hydrogens (tertiary/aromatic N) is 2. The van der Waals surface area contributed by atoms with E-state index in [1.807, 2.05) is 0 Å². The molecule has 1 atom stereocenters. The molecule has 1 aliphatic rings. The normalized spacial score (nSPS) is 17.2. The monoisotopic (exact) mass is 348 g/mol. The molecule has 1 aromatic rings. The number of hydrogen-bond acceptors (Lipinski definition) is 5. The number of piperidine rings is 1. The Morgan fingerprint density at radius 3 is 2.80 bits per heavy atom. The van der Waals surface area contributed by atoms with Gasteiger partial charge >= 0.3 is 0 Å². The average Bonchev–Trinajstić information content (AvgIpc) is 2.60. The molecule has 136 valence electrons. The lowest BCUT2D eigenvalue weighted by Crippen LogP contribution is -2.50. The quantitative estimate of drug-likeness (QED) is 0.562. The van der Waals surface area contributed by atoms with Crippen LogP contribution in [0.15, 0.2) is 24.3 Å². The number of carbonyl (C=O) groups excluding carboxylic acids is 2. The van der Waals surface area contributed by atoms with Crippen LogP contribution >= 0.6 is 0 Å². The van der Waals surface area contributed by atoms with Crippen molar-refractivity contribution in [1.29, 1.82) is 0 Å². The van der Waals surface area contributed by atoms with E-state index in [2.05, 4.69) is 5.32 Å². The fraction of sp³-hybridized carbons (Fsp3) is 0.529. The van der Waals surface area contributed by atoms with Gasteiger partial charge in [-0.3, -0.25) is 19.7 Å². The molecule has 1 saturated heterocycles. The summed E-state index contributed by atoms with van der Waals surface area (Å²) in [7, 11) is 0. The van der Waals surface area contributed by atoms with Gasteiger partial charge in [0.2, 0.25) is 11.8 Å². The number of hydrogen-bond donors (Lipinski definition) is 2. The van der Waals surface area contributed by atoms with Crippen molar-refractivity contribution in [2.75, 3.05) is 19.6 Å². The molecule has 0 radical (unpaired) electrons. The fourth-order valence-electron chi connectivity index (χ4n) is 3.10. The lowest BCUT2D eigenvalue weighted by molar-refractivity contribution is -0.385. The molecular weight excluding hydrogens is 324 g/mol. The van der Waals surface area contributed by atoms with Gasteiger partial charge in [-0.2, -0.15) is 0 Å². The van der Waals surface area contributed by atoms with Gasteiger partial charge < -0.3 is 16.0 Å². The van der Waals surface area contributed by atoms with E-state index in [9.17, 15) is 19.7 Å². The number of nitrogens with two attached hydrogens (primary N) is 1. The molecule has 3 N–H and O–H groups in total. The average molecular weight is 348 g/mol. The van der Waals surface area contributed by atoms with Crippen molar-refractivity contribution in [2.24, 2.45) is 5.73 Å². The van der Waals surface area contributed by atoms with E-state index < -0.39 is 4.92 Å². The Morgan fingerprint density at radius 2 is 2.08 bits per heavy atom. The highest BCUT2D eigenvalue weighted by atomic mass is 16.6. The first-order valence-corrected chi connectivity index (χ1v) is 8.51. The Hall–Kier alpha value is -2.48. The summed E-state index contributed by atoms with van der Waals surface area (Å²) < 4.78 is 0. The van der Waals surface area contributed by atoms with Crippen molar-refractivity contribution in [3.05, 3.63) is 39.9 Å². The van der Waals surface area contributed by atoms with Crippen molar-refractivity contribution in [3.63, 3.8) is 0 Å². The molecule has 0 aliphatic carbocycles. The number of amides is 2. The van der Waals surface area contributed by atoms with Crippen LogP contribution in [-0.4, -0.2) is 47.3 Å². The molecule has 2 amide bonds. The summed E-state index contributed by atoms with van der Waals surface area (Å²) in [5.41, 5.74) is 5.73. The SMILES string of the molecule is NCCC(=O)NCC1CCCCN1C(=O)Cc1ccccc1[N+](=O)[O-]. The second-order valence-electron chi connectivity index (χ2n) is 6.14. The van der Waals surface area contributed by atoms with Gasteiger partial charge in [0.1, 0.15) is 0 Å². The highest BCUT2D eigenvalue weighted by Gasteiger charge is 2.28. The summed E-state index contributed by atoms with van der Waals surface area (Å²) in [6.07, 6.45) is 2.95. The van der Waals surface area contributed by atoms with Gasteiger partial charge in [-0.05, 0) is 19.3 Å². The predicted octanol–water partition coefficient (Wildman–Crippen LogP) is 0.983. The summed E-state index contributed by atoms with van der Waals surface area (Å²) in [5.74, 6) is -0.272. The highest BCUT2D eigenvalue weighted by molar-refractivity contribution is 5.80. The van der Waals surface area contributed by atoms with Gasteiger partial charge in [0.15, 0.2) is 0 Å². The first-order chi connectivity index (χ1) is 12.0. The van der Waals surface area contributed by atoms with Crippen molar-refractivity contribution < 1.29 is 14.5 Å². The Labute approximate surface area is 146 Å². The van der Waals surface area contributed by atoms with Crippen LogP contribution in [0.3, 0.4) is 0 Å². The molecular formula is C17H24N4O4. The molecule has 0 bridgehead atoms. The first-order valence-electron chi connectivity index (χ1n) is 8.51. The summed E-state index contributed by atoms with van der Waals surface area (Å²) in [4.78, 5) is 36.7. The van der Waals surface area contributed by atoms with Crippen molar-refractivity contribution in [2.45, 2.75) is 38.1 Å². The zero-order valence-corrected chi connectivity index (χ0v) is 14.1.